The van der Waals surface area contributed by atoms with Crippen molar-refractivity contribution in [2.75, 3.05) is 25.1 Å². The van der Waals surface area contributed by atoms with E-state index in [9.17, 15) is 9.82 Å². The Morgan fingerprint density at radius 3 is 2.95 bits per heavy atom. The maximum Gasteiger partial charge on any atom is 0.329 e. The van der Waals surface area contributed by atoms with Gasteiger partial charge in [-0.05, 0) is 53.4 Å². The summed E-state index contributed by atoms with van der Waals surface area (Å²) in [6, 6.07) is 7.69. The summed E-state index contributed by atoms with van der Waals surface area (Å²) in [7, 11) is 1.12. The van der Waals surface area contributed by atoms with Crippen molar-refractivity contribution >= 4 is 37.4 Å². The van der Waals surface area contributed by atoms with Crippen LogP contribution in [-0.2, 0) is 17.6 Å². The Hall–Kier alpha value is -3.02. The molecule has 1 aromatic carbocycles. The van der Waals surface area contributed by atoms with Gasteiger partial charge in [-0.15, -0.1) is 0 Å². The van der Waals surface area contributed by atoms with Crippen LogP contribution in [0.2, 0.25) is 5.31 Å². The van der Waals surface area contributed by atoms with Crippen LogP contribution in [0.5, 0.6) is 5.88 Å². The maximum absolute atomic E-state index is 12.9. The zero-order valence-corrected chi connectivity index (χ0v) is 22.7. The second-order valence-corrected chi connectivity index (χ2v) is 11.0. The summed E-state index contributed by atoms with van der Waals surface area (Å²) in [4.78, 5) is 21.5. The zero-order chi connectivity index (χ0) is 27.0. The summed E-state index contributed by atoms with van der Waals surface area (Å²) in [6.07, 6.45) is 9.66. The Kier molecular flexibility index (Phi) is 9.71. The van der Waals surface area contributed by atoms with Crippen LogP contribution in [-0.4, -0.2) is 55.6 Å². The first-order chi connectivity index (χ1) is 18.3. The number of aromatic nitrogens is 1. The molecule has 201 valence electrons. The van der Waals surface area contributed by atoms with Crippen molar-refractivity contribution in [2.45, 2.75) is 57.4 Å². The fourth-order valence-corrected chi connectivity index (χ4v) is 4.78. The number of rotatable bonds is 10. The molecule has 0 spiro atoms. The molecule has 4 rings (SSSR count). The second-order valence-electron chi connectivity index (χ2n) is 10.1. The largest absolute Gasteiger partial charge is 0.474 e. The number of carbonyl (C=O) groups is 1. The van der Waals surface area contributed by atoms with Gasteiger partial charge in [-0.1, -0.05) is 26.0 Å². The molecule has 2 heterocycles. The van der Waals surface area contributed by atoms with Crippen molar-refractivity contribution < 1.29 is 19.3 Å². The number of hydrogen-bond donors (Lipinski definition) is 4. The van der Waals surface area contributed by atoms with Gasteiger partial charge in [0.05, 0.1) is 23.9 Å². The number of urea groups is 1. The van der Waals surface area contributed by atoms with Crippen molar-refractivity contribution in [3.05, 3.63) is 52.7 Å². The number of benzene rings is 1. The van der Waals surface area contributed by atoms with Gasteiger partial charge >= 0.3 is 6.03 Å². The summed E-state index contributed by atoms with van der Waals surface area (Å²) in [5.74, 6) is 0.570. The normalized spacial score (nSPS) is 16.3. The molecule has 1 fully saturated rings. The highest BCUT2D eigenvalue weighted by Gasteiger charge is 2.22. The standard InChI is InChI=1S/C27H35BN5O4S/c1-27(2,28-35)17-30-12-9-23(29)38-33-26(34)32-25-21-5-3-4-18(21)6-7-22(25)19-8-13-31-24(16-19)37-20-10-14-36-15-11-20/h6-9,12-13,16,20,35H,3-5,10-11,14-15,17,29H2,1-2H3,(H2,32,33,34)/b23-9+,30-12?. The topological polar surface area (TPSA) is 131 Å². The molecule has 11 heteroatoms. The summed E-state index contributed by atoms with van der Waals surface area (Å²) < 4.78 is 14.3. The van der Waals surface area contributed by atoms with Crippen LogP contribution in [0.1, 0.15) is 44.2 Å². The van der Waals surface area contributed by atoms with Gasteiger partial charge in [-0.2, -0.15) is 0 Å². The van der Waals surface area contributed by atoms with E-state index in [4.69, 9.17) is 15.2 Å². The Morgan fingerprint density at radius 1 is 1.34 bits per heavy atom. The number of aryl methyl sites for hydroxylation is 1. The number of fused-ring (bicyclic) bond motifs is 1. The van der Waals surface area contributed by atoms with Crippen LogP contribution >= 0.6 is 11.9 Å². The number of amides is 2. The molecule has 0 atom stereocenters. The smallest absolute Gasteiger partial charge is 0.329 e. The third kappa shape index (κ3) is 7.75. The van der Waals surface area contributed by atoms with E-state index in [2.05, 4.69) is 32.1 Å². The van der Waals surface area contributed by atoms with Gasteiger partial charge in [-0.25, -0.2) is 9.78 Å². The molecule has 5 N–H and O–H groups in total. The first-order valence-corrected chi connectivity index (χ1v) is 13.7. The quantitative estimate of drug-likeness (QED) is 0.203. The fourth-order valence-electron chi connectivity index (χ4n) is 4.39. The van der Waals surface area contributed by atoms with Gasteiger partial charge in [-0.3, -0.25) is 9.71 Å². The fraction of sp³-hybridized carbons (Fsp3) is 0.444. The highest BCUT2D eigenvalue weighted by atomic mass is 32.2. The molecular weight excluding hydrogens is 501 g/mol. The molecule has 9 nitrogen and oxygen atoms in total. The van der Waals surface area contributed by atoms with Crippen molar-refractivity contribution in [1.82, 2.24) is 9.71 Å². The Morgan fingerprint density at radius 2 is 2.16 bits per heavy atom. The molecular formula is C27H35BN5O4S. The van der Waals surface area contributed by atoms with Gasteiger partial charge in [0.25, 0.3) is 7.48 Å². The summed E-state index contributed by atoms with van der Waals surface area (Å²) in [5.41, 5.74) is 11.1. The van der Waals surface area contributed by atoms with E-state index in [1.807, 2.05) is 26.0 Å². The highest BCUT2D eigenvalue weighted by molar-refractivity contribution is 8.01. The highest BCUT2D eigenvalue weighted by Crippen LogP contribution is 2.38. The van der Waals surface area contributed by atoms with Crippen molar-refractivity contribution in [1.29, 1.82) is 0 Å². The molecule has 38 heavy (non-hydrogen) atoms. The first-order valence-electron chi connectivity index (χ1n) is 12.9. The Bertz CT molecular complexity index is 1180. The molecule has 1 saturated heterocycles. The lowest BCUT2D eigenvalue weighted by Crippen LogP contribution is -2.26. The monoisotopic (exact) mass is 536 g/mol. The van der Waals surface area contributed by atoms with Crippen molar-refractivity contribution in [3.63, 3.8) is 0 Å². The van der Waals surface area contributed by atoms with Gasteiger partial charge in [0, 0.05) is 55.4 Å². The number of carbonyl (C=O) groups excluding carboxylic acids is 1. The lowest BCUT2D eigenvalue weighted by Gasteiger charge is -2.23. The van der Waals surface area contributed by atoms with Gasteiger partial charge in [0.15, 0.2) is 0 Å². The zero-order valence-electron chi connectivity index (χ0n) is 21.9. The Labute approximate surface area is 229 Å². The first kappa shape index (κ1) is 28.0. The van der Waals surface area contributed by atoms with E-state index < -0.39 is 5.31 Å². The van der Waals surface area contributed by atoms with Crippen molar-refractivity contribution in [3.8, 4) is 17.0 Å². The number of aliphatic imine (C=N–C) groups is 1. The molecule has 1 aromatic heterocycles. The Balaban J connectivity index is 1.44. The van der Waals surface area contributed by atoms with E-state index in [1.165, 1.54) is 5.56 Å². The van der Waals surface area contributed by atoms with Gasteiger partial charge in [0.1, 0.15) is 6.10 Å². The second kappa shape index (κ2) is 13.2. The average Bonchev–Trinajstić information content (AvgIpc) is 3.40. The number of nitrogens with two attached hydrogens (primary N) is 1. The lowest BCUT2D eigenvalue weighted by molar-refractivity contribution is 0.0237. The minimum Gasteiger partial charge on any atom is -0.474 e. The number of pyridine rings is 1. The molecule has 1 radical (unpaired) electrons. The van der Waals surface area contributed by atoms with E-state index in [-0.39, 0.29) is 12.1 Å². The average molecular weight is 536 g/mol. The predicted molar refractivity (Wildman–Crippen MR) is 154 cm³/mol. The van der Waals surface area contributed by atoms with E-state index in [0.717, 1.165) is 73.9 Å². The lowest BCUT2D eigenvalue weighted by atomic mass is 9.67. The summed E-state index contributed by atoms with van der Waals surface area (Å²) in [5, 5.41) is 12.2. The van der Waals surface area contributed by atoms with E-state index in [1.54, 1.807) is 18.5 Å². The predicted octanol–water partition coefficient (Wildman–Crippen LogP) is 4.25. The van der Waals surface area contributed by atoms with Crippen LogP contribution in [0.3, 0.4) is 0 Å². The maximum atomic E-state index is 12.9. The molecule has 1 aliphatic heterocycles. The van der Waals surface area contributed by atoms with E-state index in [0.29, 0.717) is 30.7 Å². The SMILES string of the molecule is CC(C)([B]O)CN=C/C=C(\N)SNC(=O)Nc1c(-c2ccnc(OC3CCOCC3)c2)ccc2c1CCC2. The third-order valence-electron chi connectivity index (χ3n) is 6.48. The minimum atomic E-state index is -0.412. The minimum absolute atomic E-state index is 0.0926. The number of nitrogens with zero attached hydrogens (tertiary/aromatic N) is 2. The van der Waals surface area contributed by atoms with E-state index >= 15 is 0 Å². The molecule has 0 bridgehead atoms. The number of nitrogens with one attached hydrogen (secondary N) is 2. The summed E-state index contributed by atoms with van der Waals surface area (Å²) >= 11 is 1.01. The van der Waals surface area contributed by atoms with Gasteiger partial charge in [0.2, 0.25) is 5.88 Å². The molecule has 1 aliphatic carbocycles. The molecule has 0 saturated carbocycles. The molecule has 0 unspecified atom stereocenters. The van der Waals surface area contributed by atoms with Crippen LogP contribution in [0.25, 0.3) is 11.1 Å². The third-order valence-corrected chi connectivity index (χ3v) is 7.14. The van der Waals surface area contributed by atoms with Crippen LogP contribution in [0.15, 0.2) is 46.6 Å². The van der Waals surface area contributed by atoms with Gasteiger partial charge < -0.3 is 25.5 Å². The summed E-state index contributed by atoms with van der Waals surface area (Å²) in [6.45, 7) is 5.56. The van der Waals surface area contributed by atoms with Crippen LogP contribution < -0.4 is 20.5 Å². The molecule has 2 amide bonds. The van der Waals surface area contributed by atoms with Crippen molar-refractivity contribution in [2.24, 2.45) is 10.7 Å². The number of hydrogen-bond acceptors (Lipinski definition) is 8. The molecule has 2 aliphatic rings. The number of allylic oxidation sites excluding steroid dienone is 1. The molecule has 2 aromatic rings. The van der Waals surface area contributed by atoms with Crippen LogP contribution in [0, 0.1) is 0 Å². The van der Waals surface area contributed by atoms with Crippen LogP contribution in [0.4, 0.5) is 10.5 Å². The number of anilines is 1. The number of ether oxygens (including phenoxy) is 2.